The van der Waals surface area contributed by atoms with Crippen LogP contribution in [0.3, 0.4) is 0 Å². The maximum atomic E-state index is 11.5. The summed E-state index contributed by atoms with van der Waals surface area (Å²) in [6.07, 6.45) is 0. The highest BCUT2D eigenvalue weighted by molar-refractivity contribution is 5.80. The molecule has 0 amide bonds. The second-order valence-corrected chi connectivity index (χ2v) is 3.51. The van der Waals surface area contributed by atoms with Crippen molar-refractivity contribution in [3.8, 4) is 16.9 Å². The Morgan fingerprint density at radius 1 is 1.39 bits per heavy atom. The molecule has 0 radical (unpaired) electrons. The number of benzene rings is 1. The third-order valence-electron chi connectivity index (χ3n) is 2.48. The van der Waals surface area contributed by atoms with Crippen molar-refractivity contribution >= 4 is 11.5 Å². The fraction of sp³-hybridized carbons (Fsp3) is 0.100. The number of nitrogens with two attached hydrogens (primary N) is 1. The minimum Gasteiger partial charge on any atom is -0.497 e. The number of rotatable bonds is 3. The van der Waals surface area contributed by atoms with E-state index in [1.54, 1.807) is 0 Å². The number of nitrogens with one attached hydrogen (secondary N) is 2. The van der Waals surface area contributed by atoms with Crippen molar-refractivity contribution in [3.05, 3.63) is 38.7 Å². The monoisotopic (exact) mass is 250 g/mol. The minimum absolute atomic E-state index is 0.0457. The molecule has 94 valence electrons. The number of H-pyrrole nitrogens is 2. The lowest BCUT2D eigenvalue weighted by Crippen LogP contribution is -2.04. The fourth-order valence-corrected chi connectivity index (χ4v) is 1.64. The zero-order chi connectivity index (χ0) is 13.3. The first-order valence-corrected chi connectivity index (χ1v) is 4.93. The number of nitrogens with zero attached hydrogens (tertiary/aromatic N) is 1. The van der Waals surface area contributed by atoms with Crippen LogP contribution >= 0.6 is 0 Å². The van der Waals surface area contributed by atoms with Gasteiger partial charge in [0.2, 0.25) is 0 Å². The number of nitro benzene ring substituents is 1. The summed E-state index contributed by atoms with van der Waals surface area (Å²) in [6, 6.07) is 4.18. The van der Waals surface area contributed by atoms with Gasteiger partial charge < -0.3 is 10.5 Å². The van der Waals surface area contributed by atoms with E-state index in [1.165, 1.54) is 25.3 Å². The van der Waals surface area contributed by atoms with E-state index in [4.69, 9.17) is 10.5 Å². The van der Waals surface area contributed by atoms with E-state index in [9.17, 15) is 14.9 Å². The number of nitrogen functional groups attached to an aromatic ring is 1. The molecule has 1 aromatic carbocycles. The SMILES string of the molecule is COc1ccc(-c2c(N)[nH][nH]c2=O)c([N+](=O)[O-])c1. The highest BCUT2D eigenvalue weighted by Crippen LogP contribution is 2.33. The third-order valence-corrected chi connectivity index (χ3v) is 2.48. The van der Waals surface area contributed by atoms with Crippen LogP contribution in [0.2, 0.25) is 0 Å². The van der Waals surface area contributed by atoms with Gasteiger partial charge in [-0.15, -0.1) is 0 Å². The molecule has 0 aliphatic heterocycles. The normalized spacial score (nSPS) is 10.3. The van der Waals surface area contributed by atoms with Crippen LogP contribution in [0, 0.1) is 10.1 Å². The van der Waals surface area contributed by atoms with Crippen LogP contribution in [-0.4, -0.2) is 22.2 Å². The van der Waals surface area contributed by atoms with Gasteiger partial charge in [-0.3, -0.25) is 25.1 Å². The number of methoxy groups -OCH3 is 1. The van der Waals surface area contributed by atoms with Crippen LogP contribution in [-0.2, 0) is 0 Å². The number of hydrogen-bond donors (Lipinski definition) is 3. The summed E-state index contributed by atoms with van der Waals surface area (Å²) in [6.45, 7) is 0. The molecule has 0 bridgehead atoms. The Bertz CT molecular complexity index is 658. The van der Waals surface area contributed by atoms with Crippen molar-refractivity contribution in [3.63, 3.8) is 0 Å². The van der Waals surface area contributed by atoms with E-state index in [-0.39, 0.29) is 22.6 Å². The lowest BCUT2D eigenvalue weighted by Gasteiger charge is -2.03. The molecular weight excluding hydrogens is 240 g/mol. The molecule has 2 aromatic rings. The Hall–Kier alpha value is -2.77. The molecule has 8 nitrogen and oxygen atoms in total. The van der Waals surface area contributed by atoms with Crippen LogP contribution in [0.15, 0.2) is 23.0 Å². The second kappa shape index (κ2) is 4.24. The fourth-order valence-electron chi connectivity index (χ4n) is 1.64. The number of aromatic nitrogens is 2. The lowest BCUT2D eigenvalue weighted by atomic mass is 10.1. The van der Waals surface area contributed by atoms with Crippen LogP contribution in [0.5, 0.6) is 5.75 Å². The molecule has 4 N–H and O–H groups in total. The zero-order valence-corrected chi connectivity index (χ0v) is 9.39. The summed E-state index contributed by atoms with van der Waals surface area (Å²) >= 11 is 0. The average molecular weight is 250 g/mol. The molecule has 0 atom stereocenters. The van der Waals surface area contributed by atoms with Crippen LogP contribution in [0.25, 0.3) is 11.1 Å². The first kappa shape index (κ1) is 11.7. The summed E-state index contributed by atoms with van der Waals surface area (Å²) < 4.78 is 4.91. The molecule has 2 rings (SSSR count). The summed E-state index contributed by atoms with van der Waals surface area (Å²) in [4.78, 5) is 22.0. The van der Waals surface area contributed by atoms with Gasteiger partial charge >= 0.3 is 0 Å². The molecule has 0 spiro atoms. The Morgan fingerprint density at radius 3 is 2.61 bits per heavy atom. The maximum absolute atomic E-state index is 11.5. The molecule has 0 saturated heterocycles. The average Bonchev–Trinajstić information content (AvgIpc) is 2.68. The number of hydrogen-bond acceptors (Lipinski definition) is 5. The summed E-state index contributed by atoms with van der Waals surface area (Å²) in [5, 5.41) is 15.7. The molecule has 0 aliphatic rings. The Kier molecular flexibility index (Phi) is 2.76. The van der Waals surface area contributed by atoms with Crippen LogP contribution in [0.1, 0.15) is 0 Å². The van der Waals surface area contributed by atoms with Gasteiger partial charge in [0, 0.05) is 0 Å². The van der Waals surface area contributed by atoms with Gasteiger partial charge in [-0.1, -0.05) is 0 Å². The van der Waals surface area contributed by atoms with E-state index in [1.807, 2.05) is 0 Å². The largest absolute Gasteiger partial charge is 0.497 e. The molecule has 0 fully saturated rings. The van der Waals surface area contributed by atoms with Crippen molar-refractivity contribution in [2.45, 2.75) is 0 Å². The van der Waals surface area contributed by atoms with Crippen LogP contribution in [0.4, 0.5) is 11.5 Å². The molecular formula is C10H10N4O4. The van der Waals surface area contributed by atoms with Gasteiger partial charge in [0.1, 0.15) is 11.6 Å². The second-order valence-electron chi connectivity index (χ2n) is 3.51. The van der Waals surface area contributed by atoms with E-state index in [0.29, 0.717) is 5.75 Å². The minimum atomic E-state index is -0.594. The van der Waals surface area contributed by atoms with Gasteiger partial charge in [-0.05, 0) is 12.1 Å². The summed E-state index contributed by atoms with van der Waals surface area (Å²) in [5.41, 5.74) is 5.00. The van der Waals surface area contributed by atoms with Crippen molar-refractivity contribution in [1.29, 1.82) is 0 Å². The smallest absolute Gasteiger partial charge is 0.281 e. The van der Waals surface area contributed by atoms with Gasteiger partial charge in [-0.25, -0.2) is 0 Å². The third kappa shape index (κ3) is 1.79. The van der Waals surface area contributed by atoms with E-state index in [2.05, 4.69) is 10.2 Å². The van der Waals surface area contributed by atoms with Crippen LogP contribution < -0.4 is 16.0 Å². The molecule has 0 unspecified atom stereocenters. The number of anilines is 1. The van der Waals surface area contributed by atoms with Gasteiger partial charge in [0.05, 0.1) is 29.2 Å². The van der Waals surface area contributed by atoms with E-state index < -0.39 is 10.5 Å². The molecule has 1 heterocycles. The maximum Gasteiger partial charge on any atom is 0.281 e. The lowest BCUT2D eigenvalue weighted by molar-refractivity contribution is -0.384. The van der Waals surface area contributed by atoms with Crippen molar-refractivity contribution < 1.29 is 9.66 Å². The molecule has 18 heavy (non-hydrogen) atoms. The standard InChI is InChI=1S/C10H10N4O4/c1-18-5-2-3-6(7(4-5)14(16)17)8-9(11)12-13-10(8)15/h2-4H,1H3,(H4,11,12,13,15). The van der Waals surface area contributed by atoms with Crippen molar-refractivity contribution in [2.24, 2.45) is 0 Å². The number of aromatic amines is 2. The predicted molar refractivity (Wildman–Crippen MR) is 64.5 cm³/mol. The first-order valence-electron chi connectivity index (χ1n) is 4.93. The van der Waals surface area contributed by atoms with E-state index in [0.717, 1.165) is 0 Å². The number of ether oxygens (including phenoxy) is 1. The summed E-state index contributed by atoms with van der Waals surface area (Å²) in [7, 11) is 1.40. The Balaban J connectivity index is 2.72. The quantitative estimate of drug-likeness (QED) is 0.550. The molecule has 0 saturated carbocycles. The number of nitro groups is 1. The topological polar surface area (TPSA) is 127 Å². The molecule has 1 aromatic heterocycles. The highest BCUT2D eigenvalue weighted by atomic mass is 16.6. The molecule has 8 heteroatoms. The van der Waals surface area contributed by atoms with E-state index >= 15 is 0 Å². The van der Waals surface area contributed by atoms with Crippen molar-refractivity contribution in [2.75, 3.05) is 12.8 Å². The highest BCUT2D eigenvalue weighted by Gasteiger charge is 2.21. The Morgan fingerprint density at radius 2 is 2.11 bits per heavy atom. The van der Waals surface area contributed by atoms with Gasteiger partial charge in [-0.2, -0.15) is 0 Å². The van der Waals surface area contributed by atoms with Crippen molar-refractivity contribution in [1.82, 2.24) is 10.2 Å². The predicted octanol–water partition coefficient (Wildman–Crippen LogP) is 0.869. The molecule has 0 aliphatic carbocycles. The first-order chi connectivity index (χ1) is 8.54. The van der Waals surface area contributed by atoms with Gasteiger partial charge in [0.25, 0.3) is 11.2 Å². The summed E-state index contributed by atoms with van der Waals surface area (Å²) in [5.74, 6) is 0.379. The van der Waals surface area contributed by atoms with Gasteiger partial charge in [0.15, 0.2) is 0 Å². The Labute approximate surface area is 101 Å². The zero-order valence-electron chi connectivity index (χ0n) is 9.39.